The van der Waals surface area contributed by atoms with E-state index in [1.54, 1.807) is 0 Å². The molecule has 4 nitrogen and oxygen atoms in total. The van der Waals surface area contributed by atoms with E-state index in [0.29, 0.717) is 6.54 Å². The van der Waals surface area contributed by atoms with E-state index in [1.807, 2.05) is 18.2 Å². The third kappa shape index (κ3) is 3.97. The SMILES string of the molecule is CN(CCCNC(=O)C1CCCC1O)c1ccccc1. The molecule has 1 fully saturated rings. The van der Waals surface area contributed by atoms with Crippen molar-refractivity contribution in [3.8, 4) is 0 Å². The van der Waals surface area contributed by atoms with Gasteiger partial charge in [-0.2, -0.15) is 0 Å². The van der Waals surface area contributed by atoms with Gasteiger partial charge in [0, 0.05) is 25.8 Å². The molecule has 1 aliphatic rings. The zero-order valence-corrected chi connectivity index (χ0v) is 12.1. The molecule has 0 aromatic heterocycles. The number of carbonyl (C=O) groups is 1. The highest BCUT2D eigenvalue weighted by molar-refractivity contribution is 5.79. The summed E-state index contributed by atoms with van der Waals surface area (Å²) in [7, 11) is 2.05. The molecule has 1 aromatic carbocycles. The average molecular weight is 276 g/mol. The van der Waals surface area contributed by atoms with Gasteiger partial charge in [-0.25, -0.2) is 0 Å². The summed E-state index contributed by atoms with van der Waals surface area (Å²) < 4.78 is 0. The molecule has 0 aliphatic heterocycles. The first kappa shape index (κ1) is 14.9. The first-order valence-electron chi connectivity index (χ1n) is 7.40. The lowest BCUT2D eigenvalue weighted by atomic mass is 10.1. The normalized spacial score (nSPS) is 21.7. The lowest BCUT2D eigenvalue weighted by Crippen LogP contribution is -2.36. The monoisotopic (exact) mass is 276 g/mol. The predicted octanol–water partition coefficient (Wildman–Crippen LogP) is 1.79. The van der Waals surface area contributed by atoms with Crippen molar-refractivity contribution < 1.29 is 9.90 Å². The zero-order chi connectivity index (χ0) is 14.4. The number of aliphatic hydroxyl groups is 1. The van der Waals surface area contributed by atoms with E-state index in [1.165, 1.54) is 5.69 Å². The minimum Gasteiger partial charge on any atom is -0.392 e. The molecule has 0 heterocycles. The molecule has 1 aliphatic carbocycles. The fraction of sp³-hybridized carbons (Fsp3) is 0.562. The summed E-state index contributed by atoms with van der Waals surface area (Å²) in [5.41, 5.74) is 1.19. The summed E-state index contributed by atoms with van der Waals surface area (Å²) in [6, 6.07) is 10.2. The van der Waals surface area contributed by atoms with Gasteiger partial charge in [0.1, 0.15) is 0 Å². The number of carbonyl (C=O) groups excluding carboxylic acids is 1. The molecule has 2 N–H and O–H groups in total. The Kier molecular flexibility index (Phi) is 5.41. The van der Waals surface area contributed by atoms with E-state index in [4.69, 9.17) is 0 Å². The second-order valence-electron chi connectivity index (χ2n) is 5.51. The molecule has 2 atom stereocenters. The molecule has 1 amide bonds. The molecular formula is C16H24N2O2. The summed E-state index contributed by atoms with van der Waals surface area (Å²) in [6.07, 6.45) is 2.99. The van der Waals surface area contributed by atoms with Gasteiger partial charge in [-0.15, -0.1) is 0 Å². The van der Waals surface area contributed by atoms with Crippen LogP contribution in [0.5, 0.6) is 0 Å². The highest BCUT2D eigenvalue weighted by Gasteiger charge is 2.30. The van der Waals surface area contributed by atoms with Gasteiger partial charge in [-0.1, -0.05) is 18.2 Å². The van der Waals surface area contributed by atoms with Gasteiger partial charge in [0.25, 0.3) is 0 Å². The number of aliphatic hydroxyl groups excluding tert-OH is 1. The highest BCUT2D eigenvalue weighted by Crippen LogP contribution is 2.25. The number of hydrogen-bond donors (Lipinski definition) is 2. The van der Waals surface area contributed by atoms with Crippen LogP contribution in [-0.4, -0.2) is 37.3 Å². The van der Waals surface area contributed by atoms with Crippen LogP contribution in [0.2, 0.25) is 0 Å². The first-order valence-corrected chi connectivity index (χ1v) is 7.40. The summed E-state index contributed by atoms with van der Waals surface area (Å²) in [5.74, 6) is -0.181. The molecule has 2 rings (SSSR count). The molecule has 0 saturated heterocycles. The van der Waals surface area contributed by atoms with Crippen LogP contribution in [-0.2, 0) is 4.79 Å². The Balaban J connectivity index is 1.65. The fourth-order valence-corrected chi connectivity index (χ4v) is 2.72. The van der Waals surface area contributed by atoms with Crippen LogP contribution in [0.3, 0.4) is 0 Å². The van der Waals surface area contributed by atoms with Crippen molar-refractivity contribution in [1.29, 1.82) is 0 Å². The van der Waals surface area contributed by atoms with Gasteiger partial charge in [0.05, 0.1) is 12.0 Å². The maximum Gasteiger partial charge on any atom is 0.225 e. The maximum atomic E-state index is 11.9. The third-order valence-electron chi connectivity index (χ3n) is 3.98. The summed E-state index contributed by atoms with van der Waals surface area (Å²) >= 11 is 0. The standard InChI is InChI=1S/C16H24N2O2/c1-18(13-7-3-2-4-8-13)12-6-11-17-16(20)14-9-5-10-15(14)19/h2-4,7-8,14-15,19H,5-6,9-12H2,1H3,(H,17,20). The molecule has 2 unspecified atom stereocenters. The van der Waals surface area contributed by atoms with Crippen molar-refractivity contribution in [2.75, 3.05) is 25.0 Å². The fourth-order valence-electron chi connectivity index (χ4n) is 2.72. The van der Waals surface area contributed by atoms with Crippen LogP contribution >= 0.6 is 0 Å². The lowest BCUT2D eigenvalue weighted by Gasteiger charge is -2.20. The molecule has 0 bridgehead atoms. The van der Waals surface area contributed by atoms with Crippen molar-refractivity contribution in [1.82, 2.24) is 5.32 Å². The smallest absolute Gasteiger partial charge is 0.225 e. The minimum absolute atomic E-state index is 0.0114. The van der Waals surface area contributed by atoms with Gasteiger partial charge < -0.3 is 15.3 Å². The van der Waals surface area contributed by atoms with Gasteiger partial charge in [-0.3, -0.25) is 4.79 Å². The van der Waals surface area contributed by atoms with Crippen molar-refractivity contribution >= 4 is 11.6 Å². The van der Waals surface area contributed by atoms with Crippen LogP contribution in [0.15, 0.2) is 30.3 Å². The number of rotatable bonds is 6. The number of anilines is 1. The van der Waals surface area contributed by atoms with E-state index >= 15 is 0 Å². The predicted molar refractivity (Wildman–Crippen MR) is 80.7 cm³/mol. The van der Waals surface area contributed by atoms with Crippen molar-refractivity contribution in [2.45, 2.75) is 31.8 Å². The number of hydrogen-bond acceptors (Lipinski definition) is 3. The van der Waals surface area contributed by atoms with Crippen LogP contribution < -0.4 is 10.2 Å². The summed E-state index contributed by atoms with van der Waals surface area (Å²) in [4.78, 5) is 14.1. The van der Waals surface area contributed by atoms with Gasteiger partial charge in [0.15, 0.2) is 0 Å². The highest BCUT2D eigenvalue weighted by atomic mass is 16.3. The van der Waals surface area contributed by atoms with Crippen LogP contribution in [0.25, 0.3) is 0 Å². The number of nitrogens with one attached hydrogen (secondary N) is 1. The molecule has 1 saturated carbocycles. The minimum atomic E-state index is -0.443. The lowest BCUT2D eigenvalue weighted by molar-refractivity contribution is -0.127. The van der Waals surface area contributed by atoms with Crippen molar-refractivity contribution in [3.63, 3.8) is 0 Å². The third-order valence-corrected chi connectivity index (χ3v) is 3.98. The number of amides is 1. The molecule has 1 aromatic rings. The van der Waals surface area contributed by atoms with Crippen LogP contribution in [0.1, 0.15) is 25.7 Å². The van der Waals surface area contributed by atoms with Gasteiger partial charge in [0.2, 0.25) is 5.91 Å². The van der Waals surface area contributed by atoms with Crippen LogP contribution in [0.4, 0.5) is 5.69 Å². The van der Waals surface area contributed by atoms with E-state index in [0.717, 1.165) is 32.2 Å². The Hall–Kier alpha value is -1.55. The zero-order valence-electron chi connectivity index (χ0n) is 12.1. The quantitative estimate of drug-likeness (QED) is 0.779. The average Bonchev–Trinajstić information content (AvgIpc) is 2.90. The largest absolute Gasteiger partial charge is 0.392 e. The van der Waals surface area contributed by atoms with Crippen LogP contribution in [0, 0.1) is 5.92 Å². The maximum absolute atomic E-state index is 11.9. The Labute approximate surface area is 120 Å². The van der Waals surface area contributed by atoms with E-state index in [-0.39, 0.29) is 11.8 Å². The molecule has 0 spiro atoms. The number of para-hydroxylation sites is 1. The molecule has 20 heavy (non-hydrogen) atoms. The Morgan fingerprint density at radius 2 is 2.10 bits per heavy atom. The number of benzene rings is 1. The molecular weight excluding hydrogens is 252 g/mol. The molecule has 4 heteroatoms. The second kappa shape index (κ2) is 7.29. The molecule has 110 valence electrons. The van der Waals surface area contributed by atoms with Gasteiger partial charge >= 0.3 is 0 Å². The number of nitrogens with zero attached hydrogens (tertiary/aromatic N) is 1. The van der Waals surface area contributed by atoms with E-state index in [2.05, 4.69) is 29.4 Å². The van der Waals surface area contributed by atoms with Crippen molar-refractivity contribution in [2.24, 2.45) is 5.92 Å². The Morgan fingerprint density at radius 3 is 2.75 bits per heavy atom. The van der Waals surface area contributed by atoms with E-state index < -0.39 is 6.10 Å². The van der Waals surface area contributed by atoms with E-state index in [9.17, 15) is 9.90 Å². The van der Waals surface area contributed by atoms with Crippen molar-refractivity contribution in [3.05, 3.63) is 30.3 Å². The Bertz CT molecular complexity index is 422. The first-order chi connectivity index (χ1) is 9.68. The molecule has 0 radical (unpaired) electrons. The second-order valence-corrected chi connectivity index (χ2v) is 5.51. The topological polar surface area (TPSA) is 52.6 Å². The summed E-state index contributed by atoms with van der Waals surface area (Å²) in [6.45, 7) is 1.57. The Morgan fingerprint density at radius 1 is 1.35 bits per heavy atom. The van der Waals surface area contributed by atoms with Gasteiger partial charge in [-0.05, 0) is 37.8 Å². The summed E-state index contributed by atoms with van der Waals surface area (Å²) in [5, 5.41) is 12.6.